The van der Waals surface area contributed by atoms with Gasteiger partial charge in [0.1, 0.15) is 0 Å². The molecule has 2 fully saturated rings. The van der Waals surface area contributed by atoms with Gasteiger partial charge in [-0.3, -0.25) is 5.10 Å². The Morgan fingerprint density at radius 1 is 1.32 bits per heavy atom. The highest BCUT2D eigenvalue weighted by Gasteiger charge is 2.46. The molecule has 3 heterocycles. The van der Waals surface area contributed by atoms with Crippen molar-refractivity contribution in [1.29, 1.82) is 0 Å². The van der Waals surface area contributed by atoms with E-state index in [4.69, 9.17) is 5.11 Å². The van der Waals surface area contributed by atoms with Crippen LogP contribution in [0.2, 0.25) is 0 Å². The quantitative estimate of drug-likeness (QED) is 0.546. The van der Waals surface area contributed by atoms with Gasteiger partial charge >= 0.3 is 6.09 Å². The number of nitrogens with one attached hydrogen (secondary N) is 3. The van der Waals surface area contributed by atoms with E-state index in [2.05, 4.69) is 30.8 Å². The van der Waals surface area contributed by atoms with Gasteiger partial charge in [-0.2, -0.15) is 10.1 Å². The predicted molar refractivity (Wildman–Crippen MR) is 100 cm³/mol. The fraction of sp³-hybridized carbons (Fsp3) is 0.333. The molecule has 2 aliphatic rings. The van der Waals surface area contributed by atoms with Gasteiger partial charge in [-0.15, -0.1) is 0 Å². The lowest BCUT2D eigenvalue weighted by molar-refractivity contribution is 0.185. The van der Waals surface area contributed by atoms with E-state index in [0.29, 0.717) is 24.6 Å². The SMILES string of the molecule is O=C(O)NC1CC2CC1CN2c1ncc(F)c(Nc2ccc3[nH]ncc3c2)n1. The highest BCUT2D eigenvalue weighted by atomic mass is 19.1. The van der Waals surface area contributed by atoms with E-state index >= 15 is 0 Å². The summed E-state index contributed by atoms with van der Waals surface area (Å²) >= 11 is 0. The Bertz CT molecular complexity index is 1060. The Kier molecular flexibility index (Phi) is 3.78. The minimum Gasteiger partial charge on any atom is -0.465 e. The lowest BCUT2D eigenvalue weighted by Gasteiger charge is -2.31. The summed E-state index contributed by atoms with van der Waals surface area (Å²) in [6.45, 7) is 0.654. The van der Waals surface area contributed by atoms with Crippen molar-refractivity contribution in [2.45, 2.75) is 24.9 Å². The van der Waals surface area contributed by atoms with Gasteiger partial charge < -0.3 is 20.6 Å². The summed E-state index contributed by atoms with van der Waals surface area (Å²) in [7, 11) is 0. The van der Waals surface area contributed by atoms with Crippen LogP contribution in [0.5, 0.6) is 0 Å². The molecular weight excluding hydrogens is 365 g/mol. The van der Waals surface area contributed by atoms with E-state index < -0.39 is 11.9 Å². The van der Waals surface area contributed by atoms with Crippen LogP contribution in [0.1, 0.15) is 12.8 Å². The zero-order valence-corrected chi connectivity index (χ0v) is 14.8. The maximum Gasteiger partial charge on any atom is 0.404 e. The van der Waals surface area contributed by atoms with Crippen molar-refractivity contribution < 1.29 is 14.3 Å². The molecule has 3 aromatic rings. The second-order valence-corrected chi connectivity index (χ2v) is 7.26. The largest absolute Gasteiger partial charge is 0.465 e. The van der Waals surface area contributed by atoms with Gasteiger partial charge in [0.15, 0.2) is 11.6 Å². The fourth-order valence-electron chi connectivity index (χ4n) is 4.27. The van der Waals surface area contributed by atoms with E-state index in [1.54, 1.807) is 6.20 Å². The first-order chi connectivity index (χ1) is 13.6. The van der Waals surface area contributed by atoms with Crippen molar-refractivity contribution >= 4 is 34.4 Å². The Morgan fingerprint density at radius 2 is 2.21 bits per heavy atom. The lowest BCUT2D eigenvalue weighted by Crippen LogP contribution is -2.46. The Hall–Kier alpha value is -3.43. The molecule has 4 N–H and O–H groups in total. The van der Waals surface area contributed by atoms with Gasteiger partial charge in [0.25, 0.3) is 0 Å². The number of piperidine rings is 1. The predicted octanol–water partition coefficient (Wildman–Crippen LogP) is 2.47. The summed E-state index contributed by atoms with van der Waals surface area (Å²) in [4.78, 5) is 21.5. The molecule has 10 heteroatoms. The van der Waals surface area contributed by atoms with Crippen LogP contribution in [-0.2, 0) is 0 Å². The third-order valence-corrected chi connectivity index (χ3v) is 5.54. The van der Waals surface area contributed by atoms with Gasteiger partial charge in [0.05, 0.1) is 17.9 Å². The minimum absolute atomic E-state index is 0.0431. The fourth-order valence-corrected chi connectivity index (χ4v) is 4.27. The number of halogens is 1. The number of amides is 1. The van der Waals surface area contributed by atoms with E-state index in [-0.39, 0.29) is 23.8 Å². The number of carbonyl (C=O) groups is 1. The van der Waals surface area contributed by atoms with Gasteiger partial charge in [-0.05, 0) is 37.0 Å². The molecule has 1 amide bonds. The van der Waals surface area contributed by atoms with Crippen LogP contribution in [-0.4, -0.2) is 50.0 Å². The standard InChI is InChI=1S/C18H18FN7O2/c19-13-7-20-17(26-8-10-4-12(26)5-15(10)23-18(27)28)24-16(13)22-11-1-2-14-9(3-11)6-21-25-14/h1-3,6-7,10,12,15,23H,4-5,8H2,(H,21,25)(H,27,28)(H,20,22,24). The molecule has 2 aromatic heterocycles. The van der Waals surface area contributed by atoms with E-state index in [1.807, 2.05) is 23.1 Å². The van der Waals surface area contributed by atoms with Crippen LogP contribution in [0.4, 0.5) is 26.6 Å². The number of benzene rings is 1. The zero-order valence-electron chi connectivity index (χ0n) is 14.8. The molecule has 0 spiro atoms. The molecule has 144 valence electrons. The summed E-state index contributed by atoms with van der Waals surface area (Å²) in [5.74, 6) is 0.242. The van der Waals surface area contributed by atoms with Gasteiger partial charge in [-0.1, -0.05) is 0 Å². The second kappa shape index (κ2) is 6.32. The van der Waals surface area contributed by atoms with Gasteiger partial charge in [-0.25, -0.2) is 14.2 Å². The molecule has 1 saturated heterocycles. The van der Waals surface area contributed by atoms with Crippen molar-refractivity contribution in [3.63, 3.8) is 0 Å². The molecule has 1 saturated carbocycles. The molecule has 28 heavy (non-hydrogen) atoms. The smallest absolute Gasteiger partial charge is 0.404 e. The Labute approximate surface area is 159 Å². The van der Waals surface area contributed by atoms with Crippen molar-refractivity contribution in [3.05, 3.63) is 36.4 Å². The third-order valence-electron chi connectivity index (χ3n) is 5.54. The molecular formula is C18H18FN7O2. The van der Waals surface area contributed by atoms with Crippen molar-refractivity contribution in [2.75, 3.05) is 16.8 Å². The van der Waals surface area contributed by atoms with Crippen LogP contribution in [0.3, 0.4) is 0 Å². The number of hydrogen-bond donors (Lipinski definition) is 4. The Morgan fingerprint density at radius 3 is 3.00 bits per heavy atom. The molecule has 3 atom stereocenters. The first-order valence-electron chi connectivity index (χ1n) is 9.05. The highest BCUT2D eigenvalue weighted by Crippen LogP contribution is 2.39. The Balaban J connectivity index is 1.36. The molecule has 5 rings (SSSR count). The summed E-state index contributed by atoms with van der Waals surface area (Å²) in [5, 5.41) is 22.3. The molecule has 3 unspecified atom stereocenters. The number of nitrogens with zero attached hydrogens (tertiary/aromatic N) is 4. The van der Waals surface area contributed by atoms with Crippen LogP contribution in [0.15, 0.2) is 30.6 Å². The van der Waals surface area contributed by atoms with Gasteiger partial charge in [0.2, 0.25) is 5.95 Å². The van der Waals surface area contributed by atoms with E-state index in [0.717, 1.165) is 17.3 Å². The third kappa shape index (κ3) is 2.86. The zero-order chi connectivity index (χ0) is 19.3. The maximum absolute atomic E-state index is 14.3. The molecule has 0 radical (unpaired) electrons. The first kappa shape index (κ1) is 16.7. The normalized spacial score (nSPS) is 23.3. The van der Waals surface area contributed by atoms with Crippen molar-refractivity contribution in [3.8, 4) is 0 Å². The number of fused-ring (bicyclic) bond motifs is 3. The average molecular weight is 383 g/mol. The average Bonchev–Trinajstić information content (AvgIpc) is 3.38. The van der Waals surface area contributed by atoms with E-state index in [1.165, 1.54) is 6.20 Å². The van der Waals surface area contributed by atoms with Crippen LogP contribution in [0.25, 0.3) is 10.9 Å². The molecule has 2 bridgehead atoms. The monoisotopic (exact) mass is 383 g/mol. The number of aromatic nitrogens is 4. The van der Waals surface area contributed by atoms with Crippen LogP contribution < -0.4 is 15.5 Å². The van der Waals surface area contributed by atoms with Crippen molar-refractivity contribution in [1.82, 2.24) is 25.5 Å². The lowest BCUT2D eigenvalue weighted by atomic mass is 10.0. The number of H-pyrrole nitrogens is 1. The number of anilines is 3. The summed E-state index contributed by atoms with van der Waals surface area (Å²) < 4.78 is 14.3. The van der Waals surface area contributed by atoms with Crippen molar-refractivity contribution in [2.24, 2.45) is 5.92 Å². The number of rotatable bonds is 4. The number of hydrogen-bond acceptors (Lipinski definition) is 6. The topological polar surface area (TPSA) is 119 Å². The number of aromatic amines is 1. The summed E-state index contributed by atoms with van der Waals surface area (Å²) in [6.07, 6.45) is 3.46. The van der Waals surface area contributed by atoms with E-state index in [9.17, 15) is 9.18 Å². The summed E-state index contributed by atoms with van der Waals surface area (Å²) in [5.41, 5.74) is 1.60. The first-order valence-corrected chi connectivity index (χ1v) is 9.05. The molecule has 9 nitrogen and oxygen atoms in total. The van der Waals surface area contributed by atoms with Gasteiger partial charge in [0, 0.05) is 29.7 Å². The van der Waals surface area contributed by atoms with Crippen LogP contribution >= 0.6 is 0 Å². The minimum atomic E-state index is -0.997. The highest BCUT2D eigenvalue weighted by molar-refractivity contribution is 5.82. The number of carboxylic acid groups (broad SMARTS) is 1. The second-order valence-electron chi connectivity index (χ2n) is 7.26. The molecule has 1 aromatic carbocycles. The molecule has 1 aliphatic heterocycles. The molecule has 1 aliphatic carbocycles. The van der Waals surface area contributed by atoms with Crippen LogP contribution in [0, 0.1) is 11.7 Å². The maximum atomic E-state index is 14.3. The summed E-state index contributed by atoms with van der Waals surface area (Å²) in [6, 6.07) is 5.66.